The first-order chi connectivity index (χ1) is 8.67. The number of rotatable bonds is 4. The SMILES string of the molecule is CCc1nn(Cc2ccccc2Br)c(CC)c1N. The summed E-state index contributed by atoms with van der Waals surface area (Å²) in [5, 5.41) is 4.61. The van der Waals surface area contributed by atoms with Gasteiger partial charge < -0.3 is 5.73 Å². The van der Waals surface area contributed by atoms with Gasteiger partial charge in [-0.25, -0.2) is 0 Å². The van der Waals surface area contributed by atoms with Crippen LogP contribution in [0.4, 0.5) is 5.69 Å². The van der Waals surface area contributed by atoms with Crippen LogP contribution in [0.2, 0.25) is 0 Å². The number of hydrogen-bond acceptors (Lipinski definition) is 2. The van der Waals surface area contributed by atoms with Crippen molar-refractivity contribution in [3.05, 3.63) is 45.7 Å². The van der Waals surface area contributed by atoms with Gasteiger partial charge in [-0.1, -0.05) is 48.0 Å². The molecule has 0 atom stereocenters. The van der Waals surface area contributed by atoms with Crippen molar-refractivity contribution in [3.63, 3.8) is 0 Å². The van der Waals surface area contributed by atoms with Crippen molar-refractivity contribution >= 4 is 21.6 Å². The predicted molar refractivity (Wildman–Crippen MR) is 78.6 cm³/mol. The number of halogens is 1. The van der Waals surface area contributed by atoms with E-state index in [4.69, 9.17) is 5.73 Å². The maximum absolute atomic E-state index is 6.12. The summed E-state index contributed by atoms with van der Waals surface area (Å²) < 4.78 is 3.13. The van der Waals surface area contributed by atoms with Gasteiger partial charge in [0, 0.05) is 4.47 Å². The zero-order chi connectivity index (χ0) is 13.1. The lowest BCUT2D eigenvalue weighted by Gasteiger charge is -2.08. The topological polar surface area (TPSA) is 43.8 Å². The lowest BCUT2D eigenvalue weighted by molar-refractivity contribution is 0.639. The van der Waals surface area contributed by atoms with Crippen molar-refractivity contribution < 1.29 is 0 Å². The van der Waals surface area contributed by atoms with Crippen molar-refractivity contribution in [3.8, 4) is 0 Å². The fourth-order valence-corrected chi connectivity index (χ4v) is 2.53. The van der Waals surface area contributed by atoms with Crippen molar-refractivity contribution in [1.29, 1.82) is 0 Å². The van der Waals surface area contributed by atoms with E-state index in [-0.39, 0.29) is 0 Å². The van der Waals surface area contributed by atoms with Crippen molar-refractivity contribution in [1.82, 2.24) is 9.78 Å². The van der Waals surface area contributed by atoms with Crippen LogP contribution >= 0.6 is 15.9 Å². The van der Waals surface area contributed by atoms with Crippen molar-refractivity contribution in [2.24, 2.45) is 0 Å². The summed E-state index contributed by atoms with van der Waals surface area (Å²) in [6.45, 7) is 4.96. The van der Waals surface area contributed by atoms with Gasteiger partial charge in [-0.2, -0.15) is 5.10 Å². The smallest absolute Gasteiger partial charge is 0.0854 e. The number of nitrogens with zero attached hydrogens (tertiary/aromatic N) is 2. The molecule has 0 aliphatic rings. The molecule has 96 valence electrons. The Hall–Kier alpha value is -1.29. The minimum Gasteiger partial charge on any atom is -0.396 e. The minimum absolute atomic E-state index is 0.759. The average molecular weight is 308 g/mol. The Balaban J connectivity index is 2.37. The first-order valence-corrected chi connectivity index (χ1v) is 7.04. The molecule has 0 aliphatic carbocycles. The van der Waals surface area contributed by atoms with Gasteiger partial charge in [0.05, 0.1) is 23.6 Å². The molecule has 0 aliphatic heterocycles. The lowest BCUT2D eigenvalue weighted by atomic mass is 10.2. The Kier molecular flexibility index (Phi) is 4.07. The Morgan fingerprint density at radius 2 is 1.94 bits per heavy atom. The molecule has 0 unspecified atom stereocenters. The molecule has 0 fully saturated rings. The minimum atomic E-state index is 0.759. The fraction of sp³-hybridized carbons (Fsp3) is 0.357. The van der Waals surface area contributed by atoms with E-state index in [9.17, 15) is 0 Å². The van der Waals surface area contributed by atoms with Gasteiger partial charge in [-0.05, 0) is 24.5 Å². The molecule has 0 spiro atoms. The molecule has 0 bridgehead atoms. The molecule has 1 heterocycles. The summed E-state index contributed by atoms with van der Waals surface area (Å²) in [7, 11) is 0. The number of hydrogen-bond donors (Lipinski definition) is 1. The molecule has 2 N–H and O–H groups in total. The summed E-state index contributed by atoms with van der Waals surface area (Å²) >= 11 is 3.57. The highest BCUT2D eigenvalue weighted by molar-refractivity contribution is 9.10. The first-order valence-electron chi connectivity index (χ1n) is 6.24. The third kappa shape index (κ3) is 2.43. The number of aromatic nitrogens is 2. The standard InChI is InChI=1S/C14H18BrN3/c1-3-12-14(16)13(4-2)18(17-12)9-10-7-5-6-8-11(10)15/h5-8H,3-4,9,16H2,1-2H3. The van der Waals surface area contributed by atoms with Crippen LogP contribution in [0, 0.1) is 0 Å². The van der Waals surface area contributed by atoms with Crippen LogP contribution in [0.5, 0.6) is 0 Å². The van der Waals surface area contributed by atoms with Crippen LogP contribution in [0.3, 0.4) is 0 Å². The van der Waals surface area contributed by atoms with E-state index in [0.29, 0.717) is 0 Å². The Labute approximate surface area is 116 Å². The van der Waals surface area contributed by atoms with E-state index < -0.39 is 0 Å². The van der Waals surface area contributed by atoms with Crippen LogP contribution < -0.4 is 5.73 Å². The third-order valence-electron chi connectivity index (χ3n) is 3.12. The van der Waals surface area contributed by atoms with E-state index in [1.807, 2.05) is 16.8 Å². The molecule has 0 amide bonds. The van der Waals surface area contributed by atoms with E-state index in [1.54, 1.807) is 0 Å². The fourth-order valence-electron chi connectivity index (χ4n) is 2.12. The summed E-state index contributed by atoms with van der Waals surface area (Å²) in [5.41, 5.74) is 10.3. The highest BCUT2D eigenvalue weighted by Gasteiger charge is 2.13. The number of nitrogen functional groups attached to an aromatic ring is 1. The van der Waals surface area contributed by atoms with Gasteiger partial charge in [0.25, 0.3) is 0 Å². The molecular weight excluding hydrogens is 290 g/mol. The Morgan fingerprint density at radius 3 is 2.56 bits per heavy atom. The molecule has 0 saturated heterocycles. The molecule has 18 heavy (non-hydrogen) atoms. The molecule has 4 heteroatoms. The monoisotopic (exact) mass is 307 g/mol. The van der Waals surface area contributed by atoms with Crippen LogP contribution in [0.15, 0.2) is 28.7 Å². The third-order valence-corrected chi connectivity index (χ3v) is 3.90. The molecule has 0 saturated carbocycles. The van der Waals surface area contributed by atoms with Gasteiger partial charge in [0.2, 0.25) is 0 Å². The maximum Gasteiger partial charge on any atom is 0.0854 e. The largest absolute Gasteiger partial charge is 0.396 e. The van der Waals surface area contributed by atoms with Gasteiger partial charge in [-0.15, -0.1) is 0 Å². The molecule has 2 rings (SSSR count). The first kappa shape index (κ1) is 13.1. The predicted octanol–water partition coefficient (Wildman–Crippen LogP) is 3.40. The number of nitrogens with two attached hydrogens (primary N) is 1. The van der Waals surface area contributed by atoms with Gasteiger partial charge in [-0.3, -0.25) is 4.68 Å². The second-order valence-corrected chi connectivity index (χ2v) is 5.12. The molecule has 3 nitrogen and oxygen atoms in total. The van der Waals surface area contributed by atoms with E-state index >= 15 is 0 Å². The Bertz CT molecular complexity index is 546. The quantitative estimate of drug-likeness (QED) is 0.941. The normalized spacial score (nSPS) is 10.8. The van der Waals surface area contributed by atoms with Crippen molar-refractivity contribution in [2.75, 3.05) is 5.73 Å². The van der Waals surface area contributed by atoms with E-state index in [0.717, 1.165) is 40.9 Å². The van der Waals surface area contributed by atoms with E-state index in [1.165, 1.54) is 5.56 Å². The molecule has 1 aromatic carbocycles. The number of aryl methyl sites for hydroxylation is 1. The summed E-state index contributed by atoms with van der Waals surface area (Å²) in [6, 6.07) is 8.21. The second kappa shape index (κ2) is 5.57. The molecule has 0 radical (unpaired) electrons. The second-order valence-electron chi connectivity index (χ2n) is 4.26. The number of anilines is 1. The van der Waals surface area contributed by atoms with Crippen LogP contribution in [0.25, 0.3) is 0 Å². The average Bonchev–Trinajstić information content (AvgIpc) is 2.68. The number of benzene rings is 1. The van der Waals surface area contributed by atoms with Crippen LogP contribution in [-0.2, 0) is 19.4 Å². The lowest BCUT2D eigenvalue weighted by Crippen LogP contribution is -2.07. The summed E-state index contributed by atoms with van der Waals surface area (Å²) in [4.78, 5) is 0. The molecular formula is C14H18BrN3. The molecule has 1 aromatic heterocycles. The van der Waals surface area contributed by atoms with Gasteiger partial charge in [0.1, 0.15) is 0 Å². The van der Waals surface area contributed by atoms with Gasteiger partial charge in [0.15, 0.2) is 0 Å². The Morgan fingerprint density at radius 1 is 1.22 bits per heavy atom. The van der Waals surface area contributed by atoms with Crippen molar-refractivity contribution in [2.45, 2.75) is 33.2 Å². The maximum atomic E-state index is 6.12. The summed E-state index contributed by atoms with van der Waals surface area (Å²) in [5.74, 6) is 0. The van der Waals surface area contributed by atoms with E-state index in [2.05, 4.69) is 47.0 Å². The molecule has 2 aromatic rings. The van der Waals surface area contributed by atoms with Crippen LogP contribution in [0.1, 0.15) is 30.8 Å². The zero-order valence-corrected chi connectivity index (χ0v) is 12.4. The van der Waals surface area contributed by atoms with Crippen LogP contribution in [-0.4, -0.2) is 9.78 Å². The highest BCUT2D eigenvalue weighted by Crippen LogP contribution is 2.22. The highest BCUT2D eigenvalue weighted by atomic mass is 79.9. The summed E-state index contributed by atoms with van der Waals surface area (Å²) in [6.07, 6.45) is 1.78. The zero-order valence-electron chi connectivity index (χ0n) is 10.8. The van der Waals surface area contributed by atoms with Gasteiger partial charge >= 0.3 is 0 Å².